The van der Waals surface area contributed by atoms with E-state index in [4.69, 9.17) is 0 Å². The maximum Gasteiger partial charge on any atom is 0.249 e. The second-order valence-electron chi connectivity index (χ2n) is 7.05. The van der Waals surface area contributed by atoms with E-state index in [2.05, 4.69) is 79.1 Å². The molecule has 2 aliphatic heterocycles. The number of para-hydroxylation sites is 1. The first-order valence-electron chi connectivity index (χ1n) is 8.76. The van der Waals surface area contributed by atoms with Crippen molar-refractivity contribution in [3.63, 3.8) is 0 Å². The average molecular weight is 337 g/mol. The molecule has 2 aliphatic rings. The smallest absolute Gasteiger partial charge is 0.249 e. The standard InChI is InChI=1S/C22H16BNS/c1-13-14(2)24-18-10-6-12-20-21(18)23(16-8-3-4-11-19(16)25-20)17-9-5-7-15(13)22(17)24/h3-12H,1-2H3. The highest BCUT2D eigenvalue weighted by Gasteiger charge is 2.38. The van der Waals surface area contributed by atoms with Crippen LogP contribution in [0.15, 0.2) is 70.5 Å². The van der Waals surface area contributed by atoms with Crippen LogP contribution in [0.5, 0.6) is 0 Å². The number of aromatic nitrogens is 1. The van der Waals surface area contributed by atoms with E-state index in [0.717, 1.165) is 0 Å². The van der Waals surface area contributed by atoms with E-state index in [0.29, 0.717) is 6.71 Å². The lowest BCUT2D eigenvalue weighted by atomic mass is 9.35. The Hall–Kier alpha value is -2.39. The van der Waals surface area contributed by atoms with Crippen LogP contribution < -0.4 is 16.4 Å². The van der Waals surface area contributed by atoms with Crippen molar-refractivity contribution in [2.75, 3.05) is 0 Å². The summed E-state index contributed by atoms with van der Waals surface area (Å²) in [5, 5.41) is 1.39. The van der Waals surface area contributed by atoms with Crippen LogP contribution in [0.4, 0.5) is 0 Å². The quantitative estimate of drug-likeness (QED) is 0.384. The van der Waals surface area contributed by atoms with Gasteiger partial charge in [-0.25, -0.2) is 0 Å². The third-order valence-corrected chi connectivity index (χ3v) is 7.07. The van der Waals surface area contributed by atoms with E-state index in [1.165, 1.54) is 54.0 Å². The Morgan fingerprint density at radius 3 is 2.48 bits per heavy atom. The molecule has 0 radical (unpaired) electrons. The minimum absolute atomic E-state index is 0.341. The predicted octanol–water partition coefficient (Wildman–Crippen LogP) is 3.54. The van der Waals surface area contributed by atoms with Gasteiger partial charge in [-0.15, -0.1) is 0 Å². The first kappa shape index (κ1) is 13.9. The number of fused-ring (bicyclic) bond motifs is 4. The summed E-state index contributed by atoms with van der Waals surface area (Å²) in [5.74, 6) is 0. The zero-order chi connectivity index (χ0) is 16.7. The lowest BCUT2D eigenvalue weighted by molar-refractivity contribution is 1.04. The molecule has 0 N–H and O–H groups in total. The first-order chi connectivity index (χ1) is 12.3. The van der Waals surface area contributed by atoms with Crippen molar-refractivity contribution < 1.29 is 0 Å². The third-order valence-electron chi connectivity index (χ3n) is 5.91. The Bertz CT molecular complexity index is 1200. The van der Waals surface area contributed by atoms with Gasteiger partial charge in [-0.3, -0.25) is 0 Å². The van der Waals surface area contributed by atoms with Gasteiger partial charge in [0.15, 0.2) is 0 Å². The van der Waals surface area contributed by atoms with Gasteiger partial charge in [-0.05, 0) is 48.5 Å². The van der Waals surface area contributed by atoms with Gasteiger partial charge in [-0.2, -0.15) is 0 Å². The molecule has 0 fully saturated rings. The molecular weight excluding hydrogens is 321 g/mol. The van der Waals surface area contributed by atoms with Gasteiger partial charge in [0.25, 0.3) is 0 Å². The van der Waals surface area contributed by atoms with Crippen molar-refractivity contribution in [3.8, 4) is 5.69 Å². The van der Waals surface area contributed by atoms with E-state index >= 15 is 0 Å². The molecule has 3 heteroatoms. The minimum Gasteiger partial charge on any atom is -0.315 e. The number of hydrogen-bond donors (Lipinski definition) is 0. The largest absolute Gasteiger partial charge is 0.315 e. The van der Waals surface area contributed by atoms with Crippen LogP contribution in [-0.2, 0) is 0 Å². The summed E-state index contributed by atoms with van der Waals surface area (Å²) in [5.41, 5.74) is 9.88. The maximum atomic E-state index is 2.49. The van der Waals surface area contributed by atoms with Crippen LogP contribution in [0, 0.1) is 13.8 Å². The Kier molecular flexibility index (Phi) is 2.56. The molecule has 6 rings (SSSR count). The molecule has 3 heterocycles. The summed E-state index contributed by atoms with van der Waals surface area (Å²) in [4.78, 5) is 2.79. The molecule has 1 aromatic heterocycles. The summed E-state index contributed by atoms with van der Waals surface area (Å²) < 4.78 is 2.49. The number of nitrogens with zero attached hydrogens (tertiary/aromatic N) is 1. The lowest BCUT2D eigenvalue weighted by Gasteiger charge is -2.33. The van der Waals surface area contributed by atoms with Crippen LogP contribution >= 0.6 is 11.8 Å². The van der Waals surface area contributed by atoms with Crippen molar-refractivity contribution in [2.24, 2.45) is 0 Å². The second-order valence-corrected chi connectivity index (χ2v) is 8.13. The monoisotopic (exact) mass is 337 g/mol. The Labute approximate surface area is 151 Å². The van der Waals surface area contributed by atoms with Crippen LogP contribution in [0.25, 0.3) is 16.6 Å². The van der Waals surface area contributed by atoms with Crippen LogP contribution in [0.1, 0.15) is 11.3 Å². The molecule has 0 bridgehead atoms. The molecule has 0 spiro atoms. The van der Waals surface area contributed by atoms with E-state index in [1.807, 2.05) is 11.8 Å². The minimum atomic E-state index is 0.341. The van der Waals surface area contributed by atoms with Crippen LogP contribution in [-0.4, -0.2) is 11.3 Å². The normalized spacial score (nSPS) is 13.8. The maximum absolute atomic E-state index is 2.49. The molecule has 3 aromatic carbocycles. The van der Waals surface area contributed by atoms with Gasteiger partial charge in [-0.1, -0.05) is 59.7 Å². The van der Waals surface area contributed by atoms with Gasteiger partial charge >= 0.3 is 0 Å². The van der Waals surface area contributed by atoms with Gasteiger partial charge in [0.2, 0.25) is 6.71 Å². The topological polar surface area (TPSA) is 4.93 Å². The highest BCUT2D eigenvalue weighted by molar-refractivity contribution is 8.00. The molecule has 0 atom stereocenters. The van der Waals surface area contributed by atoms with Crippen molar-refractivity contribution in [2.45, 2.75) is 23.6 Å². The fraction of sp³-hybridized carbons (Fsp3) is 0.0909. The molecule has 25 heavy (non-hydrogen) atoms. The van der Waals surface area contributed by atoms with Crippen molar-refractivity contribution >= 4 is 45.8 Å². The molecule has 0 unspecified atom stereocenters. The van der Waals surface area contributed by atoms with E-state index in [9.17, 15) is 0 Å². The fourth-order valence-electron chi connectivity index (χ4n) is 4.69. The zero-order valence-corrected chi connectivity index (χ0v) is 15.0. The molecule has 4 aromatic rings. The molecule has 0 amide bonds. The van der Waals surface area contributed by atoms with Crippen molar-refractivity contribution in [1.29, 1.82) is 0 Å². The highest BCUT2D eigenvalue weighted by Crippen LogP contribution is 2.36. The summed E-state index contributed by atoms with van der Waals surface area (Å²) >= 11 is 1.91. The van der Waals surface area contributed by atoms with E-state index in [-0.39, 0.29) is 0 Å². The summed E-state index contributed by atoms with van der Waals surface area (Å²) in [6.45, 7) is 4.85. The number of benzene rings is 3. The lowest BCUT2D eigenvalue weighted by Crippen LogP contribution is -2.58. The number of rotatable bonds is 0. The number of aryl methyl sites for hydroxylation is 1. The van der Waals surface area contributed by atoms with Crippen LogP contribution in [0.2, 0.25) is 0 Å². The summed E-state index contributed by atoms with van der Waals surface area (Å²) in [6.07, 6.45) is 0. The van der Waals surface area contributed by atoms with Crippen molar-refractivity contribution in [3.05, 3.63) is 71.9 Å². The van der Waals surface area contributed by atoms with Gasteiger partial charge in [0.1, 0.15) is 0 Å². The Morgan fingerprint density at radius 1 is 0.800 bits per heavy atom. The third kappa shape index (κ3) is 1.58. The van der Waals surface area contributed by atoms with Gasteiger partial charge < -0.3 is 4.57 Å². The molecule has 0 saturated carbocycles. The van der Waals surface area contributed by atoms with E-state index < -0.39 is 0 Å². The van der Waals surface area contributed by atoms with Gasteiger partial charge in [0, 0.05) is 32.1 Å². The molecular formula is C22H16BNS. The van der Waals surface area contributed by atoms with Gasteiger partial charge in [0.05, 0.1) is 0 Å². The summed E-state index contributed by atoms with van der Waals surface area (Å²) in [7, 11) is 0. The van der Waals surface area contributed by atoms with Crippen LogP contribution in [0.3, 0.4) is 0 Å². The molecule has 0 saturated heterocycles. The molecule has 118 valence electrons. The molecule has 1 nitrogen and oxygen atoms in total. The predicted molar refractivity (Wildman–Crippen MR) is 108 cm³/mol. The SMILES string of the molecule is Cc1c(C)n2c3c(cccc13)B1c3ccccc3Sc3cccc-2c31. The second kappa shape index (κ2) is 4.61. The van der Waals surface area contributed by atoms with Crippen molar-refractivity contribution in [1.82, 2.24) is 4.57 Å². The average Bonchev–Trinajstić information content (AvgIpc) is 2.91. The van der Waals surface area contributed by atoms with E-state index in [1.54, 1.807) is 0 Å². The highest BCUT2D eigenvalue weighted by atomic mass is 32.2. The fourth-order valence-corrected chi connectivity index (χ4v) is 5.86. The first-order valence-corrected chi connectivity index (χ1v) is 9.58. The number of hydrogen-bond acceptors (Lipinski definition) is 1. The zero-order valence-electron chi connectivity index (χ0n) is 14.2. The molecule has 0 aliphatic carbocycles. The Morgan fingerprint density at radius 2 is 1.56 bits per heavy atom. The summed E-state index contributed by atoms with van der Waals surface area (Å²) in [6, 6.07) is 22.5. The Balaban J connectivity index is 1.86.